The molecule has 2 saturated heterocycles. The largest absolute Gasteiger partial charge is 0.158 e. The maximum atomic E-state index is 2.51. The molecule has 0 aromatic carbocycles. The normalized spacial score (nSPS) is 34.2. The summed E-state index contributed by atoms with van der Waals surface area (Å²) in [6, 6.07) is 0. The first-order valence-electron chi connectivity index (χ1n) is 7.52. The van der Waals surface area contributed by atoms with E-state index in [0.29, 0.717) is 10.8 Å². The summed E-state index contributed by atoms with van der Waals surface area (Å²) < 4.78 is 0. The summed E-state index contributed by atoms with van der Waals surface area (Å²) in [6.07, 6.45) is 5.79. The van der Waals surface area contributed by atoms with Crippen LogP contribution in [-0.2, 0) is 0 Å². The van der Waals surface area contributed by atoms with Crippen molar-refractivity contribution in [3.63, 3.8) is 0 Å². The SMILES string of the molecule is CC(C)(C)C1CSC(CC(C)(C)C2CCCS2)C1. The molecule has 3 unspecified atom stereocenters. The van der Waals surface area contributed by atoms with Gasteiger partial charge in [0.2, 0.25) is 0 Å². The number of hydrogen-bond acceptors (Lipinski definition) is 2. The van der Waals surface area contributed by atoms with Crippen LogP contribution in [-0.4, -0.2) is 22.0 Å². The molecule has 0 aromatic heterocycles. The molecule has 2 aliphatic rings. The lowest BCUT2D eigenvalue weighted by Crippen LogP contribution is -2.28. The van der Waals surface area contributed by atoms with E-state index in [1.165, 1.54) is 37.2 Å². The van der Waals surface area contributed by atoms with Crippen LogP contribution < -0.4 is 0 Å². The molecule has 0 saturated carbocycles. The molecule has 0 N–H and O–H groups in total. The zero-order chi connectivity index (χ0) is 13.4. The van der Waals surface area contributed by atoms with E-state index >= 15 is 0 Å². The third kappa shape index (κ3) is 3.62. The zero-order valence-corrected chi connectivity index (χ0v) is 14.4. The van der Waals surface area contributed by atoms with Crippen molar-refractivity contribution >= 4 is 23.5 Å². The summed E-state index contributed by atoms with van der Waals surface area (Å²) in [7, 11) is 0. The van der Waals surface area contributed by atoms with Crippen molar-refractivity contribution < 1.29 is 0 Å². The summed E-state index contributed by atoms with van der Waals surface area (Å²) in [5.41, 5.74) is 1.06. The van der Waals surface area contributed by atoms with Gasteiger partial charge in [0.15, 0.2) is 0 Å². The van der Waals surface area contributed by atoms with Gasteiger partial charge in [-0.3, -0.25) is 0 Å². The van der Waals surface area contributed by atoms with Crippen LogP contribution in [0.25, 0.3) is 0 Å². The standard InChI is InChI=1S/C16H30S2/c1-15(2,3)12-9-13(18-11-12)10-16(4,5)14-7-6-8-17-14/h12-14H,6-11H2,1-5H3. The van der Waals surface area contributed by atoms with Crippen molar-refractivity contribution in [1.82, 2.24) is 0 Å². The minimum Gasteiger partial charge on any atom is -0.158 e. The molecular weight excluding hydrogens is 256 g/mol. The van der Waals surface area contributed by atoms with Crippen molar-refractivity contribution in [3.05, 3.63) is 0 Å². The van der Waals surface area contributed by atoms with Gasteiger partial charge in [0.25, 0.3) is 0 Å². The summed E-state index contributed by atoms with van der Waals surface area (Å²) in [6.45, 7) is 12.3. The Hall–Kier alpha value is 0.700. The van der Waals surface area contributed by atoms with Gasteiger partial charge < -0.3 is 0 Å². The summed E-state index contributed by atoms with van der Waals surface area (Å²) in [4.78, 5) is 0. The Morgan fingerprint density at radius 2 is 1.78 bits per heavy atom. The molecule has 0 aliphatic carbocycles. The van der Waals surface area contributed by atoms with E-state index in [1.54, 1.807) is 0 Å². The van der Waals surface area contributed by atoms with Crippen molar-refractivity contribution in [2.75, 3.05) is 11.5 Å². The molecule has 2 fully saturated rings. The van der Waals surface area contributed by atoms with Gasteiger partial charge in [-0.25, -0.2) is 0 Å². The van der Waals surface area contributed by atoms with Crippen molar-refractivity contribution in [2.45, 2.75) is 70.8 Å². The third-order valence-electron chi connectivity index (χ3n) is 4.86. The third-order valence-corrected chi connectivity index (χ3v) is 8.09. The Morgan fingerprint density at radius 3 is 2.28 bits per heavy atom. The number of thioether (sulfide) groups is 2. The average Bonchev–Trinajstić information content (AvgIpc) is 2.83. The Labute approximate surface area is 122 Å². The topological polar surface area (TPSA) is 0 Å². The van der Waals surface area contributed by atoms with Gasteiger partial charge in [0.05, 0.1) is 0 Å². The smallest absolute Gasteiger partial charge is 0.00989 e. The van der Waals surface area contributed by atoms with Crippen LogP contribution in [0.3, 0.4) is 0 Å². The maximum Gasteiger partial charge on any atom is 0.00989 e. The molecule has 0 aromatic rings. The van der Waals surface area contributed by atoms with Crippen molar-refractivity contribution in [2.24, 2.45) is 16.7 Å². The fraction of sp³-hybridized carbons (Fsp3) is 1.00. The van der Waals surface area contributed by atoms with Crippen LogP contribution in [0.4, 0.5) is 0 Å². The van der Waals surface area contributed by atoms with Gasteiger partial charge >= 0.3 is 0 Å². The minimum atomic E-state index is 0.508. The molecule has 0 radical (unpaired) electrons. The lowest BCUT2D eigenvalue weighted by molar-refractivity contribution is 0.241. The molecule has 3 atom stereocenters. The highest BCUT2D eigenvalue weighted by Crippen LogP contribution is 2.49. The van der Waals surface area contributed by atoms with E-state index in [-0.39, 0.29) is 0 Å². The molecule has 2 rings (SSSR count). The number of rotatable bonds is 3. The highest BCUT2D eigenvalue weighted by molar-refractivity contribution is 8.00. The minimum absolute atomic E-state index is 0.508. The Kier molecular flexibility index (Phi) is 4.69. The molecule has 0 nitrogen and oxygen atoms in total. The van der Waals surface area contributed by atoms with E-state index < -0.39 is 0 Å². The summed E-state index contributed by atoms with van der Waals surface area (Å²) >= 11 is 4.48. The molecule has 2 aliphatic heterocycles. The van der Waals surface area contributed by atoms with Gasteiger partial charge in [-0.05, 0) is 53.9 Å². The first-order chi connectivity index (χ1) is 8.29. The molecule has 2 heterocycles. The van der Waals surface area contributed by atoms with Crippen molar-refractivity contribution in [1.29, 1.82) is 0 Å². The van der Waals surface area contributed by atoms with E-state index in [1.807, 2.05) is 0 Å². The quantitative estimate of drug-likeness (QED) is 0.675. The maximum absolute atomic E-state index is 2.51. The molecular formula is C16H30S2. The van der Waals surface area contributed by atoms with Gasteiger partial charge in [-0.15, -0.1) is 0 Å². The van der Waals surface area contributed by atoms with Crippen LogP contribution in [0.15, 0.2) is 0 Å². The van der Waals surface area contributed by atoms with Crippen LogP contribution in [0.1, 0.15) is 60.3 Å². The highest BCUT2D eigenvalue weighted by atomic mass is 32.2. The molecule has 18 heavy (non-hydrogen) atoms. The summed E-state index contributed by atoms with van der Waals surface area (Å²) in [5, 5.41) is 1.84. The van der Waals surface area contributed by atoms with Crippen LogP contribution in [0.5, 0.6) is 0 Å². The van der Waals surface area contributed by atoms with Gasteiger partial charge in [-0.1, -0.05) is 34.6 Å². The van der Waals surface area contributed by atoms with E-state index in [9.17, 15) is 0 Å². The Balaban J connectivity index is 1.87. The van der Waals surface area contributed by atoms with E-state index in [2.05, 4.69) is 58.1 Å². The van der Waals surface area contributed by atoms with E-state index in [0.717, 1.165) is 16.4 Å². The molecule has 106 valence electrons. The predicted molar refractivity (Wildman–Crippen MR) is 87.7 cm³/mol. The lowest BCUT2D eigenvalue weighted by atomic mass is 9.76. The average molecular weight is 287 g/mol. The predicted octanol–water partition coefficient (Wildman–Crippen LogP) is 5.47. The summed E-state index contributed by atoms with van der Waals surface area (Å²) in [5.74, 6) is 3.72. The second-order valence-corrected chi connectivity index (χ2v) is 10.6. The van der Waals surface area contributed by atoms with Crippen LogP contribution in [0.2, 0.25) is 0 Å². The zero-order valence-electron chi connectivity index (χ0n) is 12.8. The van der Waals surface area contributed by atoms with Crippen LogP contribution in [0, 0.1) is 16.7 Å². The van der Waals surface area contributed by atoms with E-state index in [4.69, 9.17) is 0 Å². The van der Waals surface area contributed by atoms with Gasteiger partial charge in [0.1, 0.15) is 0 Å². The monoisotopic (exact) mass is 286 g/mol. The fourth-order valence-electron chi connectivity index (χ4n) is 3.36. The first-order valence-corrected chi connectivity index (χ1v) is 9.62. The molecule has 2 heteroatoms. The molecule has 0 bridgehead atoms. The number of hydrogen-bond donors (Lipinski definition) is 0. The van der Waals surface area contributed by atoms with Gasteiger partial charge in [0, 0.05) is 10.5 Å². The second-order valence-electron chi connectivity index (χ2n) is 7.95. The lowest BCUT2D eigenvalue weighted by Gasteiger charge is -2.34. The fourth-order valence-corrected chi connectivity index (χ4v) is 6.92. The molecule has 0 amide bonds. The van der Waals surface area contributed by atoms with Gasteiger partial charge in [-0.2, -0.15) is 23.5 Å². The molecule has 0 spiro atoms. The van der Waals surface area contributed by atoms with Crippen LogP contribution >= 0.6 is 23.5 Å². The first kappa shape index (κ1) is 15.1. The van der Waals surface area contributed by atoms with Crippen molar-refractivity contribution in [3.8, 4) is 0 Å². The highest BCUT2D eigenvalue weighted by Gasteiger charge is 2.39. The Morgan fingerprint density at radius 1 is 1.06 bits per heavy atom. The second kappa shape index (κ2) is 5.60. The Bertz CT molecular complexity index is 271.